The zero-order chi connectivity index (χ0) is 14.5. The molecule has 2 aromatic rings. The van der Waals surface area contributed by atoms with Crippen molar-refractivity contribution in [2.75, 3.05) is 20.0 Å². The van der Waals surface area contributed by atoms with Gasteiger partial charge >= 0.3 is 5.97 Å². The van der Waals surface area contributed by atoms with Crippen LogP contribution in [-0.4, -0.2) is 30.9 Å². The van der Waals surface area contributed by atoms with E-state index in [4.69, 9.17) is 9.47 Å². The summed E-state index contributed by atoms with van der Waals surface area (Å²) in [5.41, 5.74) is 0. The number of esters is 1. The molecule has 20 heavy (non-hydrogen) atoms. The van der Waals surface area contributed by atoms with Crippen LogP contribution < -0.4 is 4.74 Å². The molecule has 0 aliphatic heterocycles. The lowest BCUT2D eigenvalue weighted by Crippen LogP contribution is -2.14. The van der Waals surface area contributed by atoms with Crippen LogP contribution in [0.1, 0.15) is 6.92 Å². The summed E-state index contributed by atoms with van der Waals surface area (Å²) in [4.78, 5) is 15.8. The van der Waals surface area contributed by atoms with E-state index in [9.17, 15) is 4.79 Å². The minimum absolute atomic E-state index is 0.160. The van der Waals surface area contributed by atoms with Gasteiger partial charge in [0.25, 0.3) is 0 Å². The first kappa shape index (κ1) is 14.7. The molecule has 0 spiro atoms. The predicted octanol–water partition coefficient (Wildman–Crippen LogP) is 3.14. The molecule has 0 aliphatic rings. The molecule has 0 saturated heterocycles. The largest absolute Gasteiger partial charge is 0.496 e. The maximum absolute atomic E-state index is 11.4. The fraction of sp³-hybridized carbons (Fsp3) is 0.333. The van der Waals surface area contributed by atoms with Crippen molar-refractivity contribution < 1.29 is 14.3 Å². The smallest absolute Gasteiger partial charge is 0.309 e. The van der Waals surface area contributed by atoms with Gasteiger partial charge in [0.05, 0.1) is 20.1 Å². The number of pyridine rings is 1. The van der Waals surface area contributed by atoms with Gasteiger partial charge < -0.3 is 9.47 Å². The van der Waals surface area contributed by atoms with Crippen molar-refractivity contribution in [3.8, 4) is 5.75 Å². The molecule has 1 heterocycles. The quantitative estimate of drug-likeness (QED) is 0.625. The highest BCUT2D eigenvalue weighted by atomic mass is 32.2. The lowest BCUT2D eigenvalue weighted by atomic mass is 10.1. The number of hydrogen-bond donors (Lipinski definition) is 0. The number of benzene rings is 1. The van der Waals surface area contributed by atoms with Crippen LogP contribution in [0.15, 0.2) is 35.5 Å². The van der Waals surface area contributed by atoms with Gasteiger partial charge in [0.15, 0.2) is 0 Å². The van der Waals surface area contributed by atoms with Gasteiger partial charge in [-0.2, -0.15) is 0 Å². The molecular formula is C15H17NO3S. The summed E-state index contributed by atoms with van der Waals surface area (Å²) >= 11 is 1.55. The number of aromatic nitrogens is 1. The Bertz CT molecular complexity index is 615. The van der Waals surface area contributed by atoms with Gasteiger partial charge in [-0.05, 0) is 12.1 Å². The van der Waals surface area contributed by atoms with E-state index in [1.165, 1.54) is 7.11 Å². The number of carbonyl (C=O) groups is 1. The number of fused-ring (bicyclic) bond motifs is 1. The Balaban J connectivity index is 2.25. The van der Waals surface area contributed by atoms with Crippen molar-refractivity contribution in [2.45, 2.75) is 11.9 Å². The normalized spacial score (nSPS) is 12.2. The monoisotopic (exact) mass is 291 g/mol. The molecule has 0 bridgehead atoms. The summed E-state index contributed by atoms with van der Waals surface area (Å²) in [5.74, 6) is 1.10. The average molecular weight is 291 g/mol. The number of thioether (sulfide) groups is 1. The number of rotatable bonds is 5. The van der Waals surface area contributed by atoms with Crippen molar-refractivity contribution >= 4 is 28.5 Å². The number of nitrogens with zero attached hydrogens (tertiary/aromatic N) is 1. The minimum Gasteiger partial charge on any atom is -0.496 e. The molecule has 1 unspecified atom stereocenters. The minimum atomic E-state index is -0.199. The third kappa shape index (κ3) is 3.04. The van der Waals surface area contributed by atoms with E-state index < -0.39 is 0 Å². The highest BCUT2D eigenvalue weighted by Crippen LogP contribution is 2.32. The SMILES string of the molecule is COC(=O)C(C)CSc1nccc2c(OC)cccc12. The number of ether oxygens (including phenoxy) is 2. The highest BCUT2D eigenvalue weighted by Gasteiger charge is 2.15. The van der Waals surface area contributed by atoms with E-state index in [0.29, 0.717) is 5.75 Å². The fourth-order valence-corrected chi connectivity index (χ4v) is 2.93. The first-order valence-corrected chi connectivity index (χ1v) is 7.28. The zero-order valence-corrected chi connectivity index (χ0v) is 12.6. The Labute approximate surface area is 122 Å². The molecule has 0 aliphatic carbocycles. The molecule has 1 aromatic heterocycles. The number of methoxy groups -OCH3 is 2. The van der Waals surface area contributed by atoms with Crippen LogP contribution in [-0.2, 0) is 9.53 Å². The molecule has 0 N–H and O–H groups in total. The maximum Gasteiger partial charge on any atom is 0.309 e. The molecular weight excluding hydrogens is 274 g/mol. The molecule has 0 saturated carbocycles. The van der Waals surface area contributed by atoms with Gasteiger partial charge in [0, 0.05) is 22.7 Å². The topological polar surface area (TPSA) is 48.4 Å². The van der Waals surface area contributed by atoms with E-state index in [-0.39, 0.29) is 11.9 Å². The van der Waals surface area contributed by atoms with E-state index in [0.717, 1.165) is 21.5 Å². The van der Waals surface area contributed by atoms with Crippen LogP contribution in [0, 0.1) is 5.92 Å². The Kier molecular flexibility index (Phi) is 4.84. The van der Waals surface area contributed by atoms with Gasteiger partial charge in [-0.1, -0.05) is 19.1 Å². The van der Waals surface area contributed by atoms with Gasteiger partial charge in [0.2, 0.25) is 0 Å². The Hall–Kier alpha value is -1.75. The van der Waals surface area contributed by atoms with Crippen LogP contribution in [0.4, 0.5) is 0 Å². The molecule has 1 aromatic carbocycles. The molecule has 0 radical (unpaired) electrons. The van der Waals surface area contributed by atoms with Crippen LogP contribution >= 0.6 is 11.8 Å². The van der Waals surface area contributed by atoms with Crippen molar-refractivity contribution in [1.29, 1.82) is 0 Å². The average Bonchev–Trinajstić information content (AvgIpc) is 2.50. The van der Waals surface area contributed by atoms with E-state index in [1.807, 2.05) is 31.2 Å². The standard InChI is InChI=1S/C15H17NO3S/c1-10(15(17)19-3)9-20-14-12-5-4-6-13(18-2)11(12)7-8-16-14/h4-8,10H,9H2,1-3H3. The summed E-state index contributed by atoms with van der Waals surface area (Å²) < 4.78 is 10.1. The molecule has 0 fully saturated rings. The lowest BCUT2D eigenvalue weighted by Gasteiger charge is -2.11. The van der Waals surface area contributed by atoms with Gasteiger partial charge in [0.1, 0.15) is 10.8 Å². The number of hydrogen-bond acceptors (Lipinski definition) is 5. The van der Waals surface area contributed by atoms with Crippen molar-refractivity contribution in [1.82, 2.24) is 4.98 Å². The van der Waals surface area contributed by atoms with E-state index in [1.54, 1.807) is 25.1 Å². The third-order valence-corrected chi connectivity index (χ3v) is 4.29. The fourth-order valence-electron chi connectivity index (χ4n) is 1.92. The van der Waals surface area contributed by atoms with E-state index in [2.05, 4.69) is 4.98 Å². The van der Waals surface area contributed by atoms with Crippen molar-refractivity contribution in [2.24, 2.45) is 5.92 Å². The zero-order valence-electron chi connectivity index (χ0n) is 11.8. The lowest BCUT2D eigenvalue weighted by molar-refractivity contribution is -0.143. The first-order chi connectivity index (χ1) is 9.67. The predicted molar refractivity (Wildman–Crippen MR) is 80.2 cm³/mol. The Morgan fingerprint density at radius 1 is 1.30 bits per heavy atom. The van der Waals surface area contributed by atoms with Gasteiger partial charge in [-0.15, -0.1) is 11.8 Å². The van der Waals surface area contributed by atoms with Crippen molar-refractivity contribution in [3.63, 3.8) is 0 Å². The third-order valence-electron chi connectivity index (χ3n) is 3.02. The number of carbonyl (C=O) groups excluding carboxylic acids is 1. The van der Waals surface area contributed by atoms with Gasteiger partial charge in [-0.25, -0.2) is 4.98 Å². The van der Waals surface area contributed by atoms with Crippen molar-refractivity contribution in [3.05, 3.63) is 30.5 Å². The Morgan fingerprint density at radius 2 is 2.10 bits per heavy atom. The van der Waals surface area contributed by atoms with Crippen LogP contribution in [0.3, 0.4) is 0 Å². The second-order valence-electron chi connectivity index (χ2n) is 4.41. The summed E-state index contributed by atoms with van der Waals surface area (Å²) in [6.07, 6.45) is 1.76. The van der Waals surface area contributed by atoms with E-state index >= 15 is 0 Å². The molecule has 106 valence electrons. The maximum atomic E-state index is 11.4. The molecule has 0 amide bonds. The van der Waals surface area contributed by atoms with Gasteiger partial charge in [-0.3, -0.25) is 4.79 Å². The summed E-state index contributed by atoms with van der Waals surface area (Å²) in [5, 5.41) is 2.96. The van der Waals surface area contributed by atoms with Crippen LogP contribution in [0.2, 0.25) is 0 Å². The Morgan fingerprint density at radius 3 is 2.80 bits per heavy atom. The molecule has 5 heteroatoms. The summed E-state index contributed by atoms with van der Waals surface area (Å²) in [6, 6.07) is 7.81. The summed E-state index contributed by atoms with van der Waals surface area (Å²) in [7, 11) is 3.06. The van der Waals surface area contributed by atoms with Crippen LogP contribution in [0.5, 0.6) is 5.75 Å². The first-order valence-electron chi connectivity index (χ1n) is 6.29. The molecule has 2 rings (SSSR count). The second kappa shape index (κ2) is 6.61. The second-order valence-corrected chi connectivity index (χ2v) is 5.42. The summed E-state index contributed by atoms with van der Waals surface area (Å²) in [6.45, 7) is 1.85. The molecule has 1 atom stereocenters. The highest BCUT2D eigenvalue weighted by molar-refractivity contribution is 7.99. The molecule has 4 nitrogen and oxygen atoms in total. The van der Waals surface area contributed by atoms with Crippen LogP contribution in [0.25, 0.3) is 10.8 Å².